The van der Waals surface area contributed by atoms with Gasteiger partial charge < -0.3 is 4.90 Å². The minimum atomic E-state index is -0.0857. The van der Waals surface area contributed by atoms with Gasteiger partial charge in [0, 0.05) is 29.1 Å². The molecular formula is C27H26ClN3OS2. The van der Waals surface area contributed by atoms with Gasteiger partial charge in [-0.15, -0.1) is 0 Å². The maximum Gasteiger partial charge on any atom is 0.266 e. The Labute approximate surface area is 215 Å². The SMILES string of the molecule is Cc1ccc2nc(N3CCC(C)CC3)c(/C=C3\SC(=S)N(Cc4ccccc4Cl)C3=O)cc2c1. The number of nitrogens with zero attached hydrogens (tertiary/aromatic N) is 3. The highest BCUT2D eigenvalue weighted by atomic mass is 35.5. The Hall–Kier alpha value is -2.41. The number of carbonyl (C=O) groups excluding carboxylic acids is 1. The summed E-state index contributed by atoms with van der Waals surface area (Å²) < 4.78 is 0.550. The summed E-state index contributed by atoms with van der Waals surface area (Å²) in [6, 6.07) is 16.0. The quantitative estimate of drug-likeness (QED) is 0.285. The molecule has 4 nitrogen and oxygen atoms in total. The lowest BCUT2D eigenvalue weighted by Crippen LogP contribution is -2.34. The number of halogens is 1. The molecule has 0 aliphatic carbocycles. The topological polar surface area (TPSA) is 36.4 Å². The number of rotatable bonds is 4. The summed E-state index contributed by atoms with van der Waals surface area (Å²) in [5.74, 6) is 1.58. The predicted molar refractivity (Wildman–Crippen MR) is 147 cm³/mol. The zero-order valence-electron chi connectivity index (χ0n) is 19.3. The molecular weight excluding hydrogens is 482 g/mol. The fourth-order valence-electron chi connectivity index (χ4n) is 4.46. The molecule has 1 aromatic heterocycles. The first-order chi connectivity index (χ1) is 16.4. The normalized spacial score (nSPS) is 18.5. The number of pyridine rings is 1. The van der Waals surface area contributed by atoms with Crippen LogP contribution in [0, 0.1) is 12.8 Å². The fraction of sp³-hybridized carbons (Fsp3) is 0.296. The molecule has 0 radical (unpaired) electrons. The van der Waals surface area contributed by atoms with Gasteiger partial charge in [-0.3, -0.25) is 9.69 Å². The Morgan fingerprint density at radius 3 is 2.71 bits per heavy atom. The van der Waals surface area contributed by atoms with E-state index in [1.807, 2.05) is 30.3 Å². The van der Waals surface area contributed by atoms with Crippen LogP contribution < -0.4 is 4.90 Å². The van der Waals surface area contributed by atoms with Gasteiger partial charge in [-0.05, 0) is 61.6 Å². The van der Waals surface area contributed by atoms with Gasteiger partial charge in [-0.25, -0.2) is 4.98 Å². The van der Waals surface area contributed by atoms with E-state index in [0.717, 1.165) is 59.7 Å². The lowest BCUT2D eigenvalue weighted by molar-refractivity contribution is -0.122. The zero-order valence-corrected chi connectivity index (χ0v) is 21.6. The summed E-state index contributed by atoms with van der Waals surface area (Å²) in [6.07, 6.45) is 4.26. The Bertz CT molecular complexity index is 1310. The van der Waals surface area contributed by atoms with Crippen LogP contribution in [-0.4, -0.2) is 33.2 Å². The third-order valence-electron chi connectivity index (χ3n) is 6.51. The molecule has 2 fully saturated rings. The van der Waals surface area contributed by atoms with E-state index in [9.17, 15) is 4.79 Å². The summed E-state index contributed by atoms with van der Waals surface area (Å²) in [7, 11) is 0. The summed E-state index contributed by atoms with van der Waals surface area (Å²) in [5, 5.41) is 1.71. The molecule has 2 aliphatic heterocycles. The Morgan fingerprint density at radius 1 is 1.18 bits per heavy atom. The molecule has 2 aromatic carbocycles. The molecule has 0 N–H and O–H groups in total. The number of hydrogen-bond donors (Lipinski definition) is 0. The van der Waals surface area contributed by atoms with Crippen molar-refractivity contribution >= 4 is 68.6 Å². The highest BCUT2D eigenvalue weighted by Gasteiger charge is 2.33. The molecule has 0 saturated carbocycles. The van der Waals surface area contributed by atoms with Crippen LogP contribution in [0.3, 0.4) is 0 Å². The van der Waals surface area contributed by atoms with Crippen molar-refractivity contribution in [3.8, 4) is 0 Å². The van der Waals surface area contributed by atoms with Gasteiger partial charge in [0.05, 0.1) is 17.0 Å². The van der Waals surface area contributed by atoms with E-state index in [1.54, 1.807) is 4.90 Å². The summed E-state index contributed by atoms with van der Waals surface area (Å²) in [5.41, 5.74) is 4.01. The number of aryl methyl sites for hydroxylation is 1. The van der Waals surface area contributed by atoms with E-state index in [4.69, 9.17) is 28.8 Å². The molecule has 2 saturated heterocycles. The van der Waals surface area contributed by atoms with Crippen LogP contribution in [0.4, 0.5) is 5.82 Å². The molecule has 34 heavy (non-hydrogen) atoms. The highest BCUT2D eigenvalue weighted by molar-refractivity contribution is 8.26. The second-order valence-electron chi connectivity index (χ2n) is 9.13. The van der Waals surface area contributed by atoms with Gasteiger partial charge in [0.1, 0.15) is 10.1 Å². The molecule has 7 heteroatoms. The van der Waals surface area contributed by atoms with Crippen molar-refractivity contribution < 1.29 is 4.79 Å². The lowest BCUT2D eigenvalue weighted by Gasteiger charge is -2.32. The number of thiocarbonyl (C=S) groups is 1. The first-order valence-electron chi connectivity index (χ1n) is 11.5. The second-order valence-corrected chi connectivity index (χ2v) is 11.2. The number of benzene rings is 2. The summed E-state index contributed by atoms with van der Waals surface area (Å²) >= 11 is 13.3. The van der Waals surface area contributed by atoms with E-state index in [-0.39, 0.29) is 5.91 Å². The molecule has 0 unspecified atom stereocenters. The summed E-state index contributed by atoms with van der Waals surface area (Å²) in [4.78, 5) is 23.0. The van der Waals surface area contributed by atoms with E-state index >= 15 is 0 Å². The average Bonchev–Trinajstić information content (AvgIpc) is 3.08. The number of hydrogen-bond acceptors (Lipinski definition) is 5. The molecule has 174 valence electrons. The van der Waals surface area contributed by atoms with Crippen molar-refractivity contribution in [3.05, 3.63) is 75.1 Å². The van der Waals surface area contributed by atoms with Gasteiger partial charge in [0.15, 0.2) is 0 Å². The van der Waals surface area contributed by atoms with Crippen LogP contribution in [0.15, 0.2) is 53.4 Å². The average molecular weight is 508 g/mol. The molecule has 5 rings (SSSR count). The van der Waals surface area contributed by atoms with Gasteiger partial charge >= 0.3 is 0 Å². The molecule has 1 amide bonds. The number of carbonyl (C=O) groups is 1. The largest absolute Gasteiger partial charge is 0.356 e. The predicted octanol–water partition coefficient (Wildman–Crippen LogP) is 6.83. The van der Waals surface area contributed by atoms with Gasteiger partial charge in [0.2, 0.25) is 0 Å². The van der Waals surface area contributed by atoms with E-state index in [2.05, 4.69) is 43.0 Å². The zero-order chi connectivity index (χ0) is 23.8. The number of aromatic nitrogens is 1. The van der Waals surface area contributed by atoms with Crippen molar-refractivity contribution in [2.45, 2.75) is 33.2 Å². The van der Waals surface area contributed by atoms with Crippen molar-refractivity contribution in [3.63, 3.8) is 0 Å². The molecule has 3 heterocycles. The minimum Gasteiger partial charge on any atom is -0.356 e. The second kappa shape index (κ2) is 9.68. The van der Waals surface area contributed by atoms with Crippen LogP contribution >= 0.6 is 35.6 Å². The first kappa shape index (κ1) is 23.3. The Kier molecular flexibility index (Phi) is 6.65. The van der Waals surface area contributed by atoms with Gasteiger partial charge in [-0.1, -0.05) is 72.3 Å². The number of piperidine rings is 1. The number of amides is 1. The number of thioether (sulfide) groups is 1. The van der Waals surface area contributed by atoms with Crippen molar-refractivity contribution in [1.82, 2.24) is 9.88 Å². The highest BCUT2D eigenvalue weighted by Crippen LogP contribution is 2.37. The molecule has 2 aliphatic rings. The Balaban J connectivity index is 1.52. The van der Waals surface area contributed by atoms with Crippen LogP contribution in [0.1, 0.15) is 36.5 Å². The fourth-order valence-corrected chi connectivity index (χ4v) is 5.90. The monoisotopic (exact) mass is 507 g/mol. The van der Waals surface area contributed by atoms with E-state index < -0.39 is 0 Å². The van der Waals surface area contributed by atoms with Crippen molar-refractivity contribution in [1.29, 1.82) is 0 Å². The first-order valence-corrected chi connectivity index (χ1v) is 13.1. The van der Waals surface area contributed by atoms with Gasteiger partial charge in [-0.2, -0.15) is 0 Å². The standard InChI is InChI=1S/C27H26ClN3OS2/c1-17-9-11-30(12-10-17)25-21(14-20-13-18(2)7-8-23(20)29-25)15-24-26(32)31(27(33)34-24)16-19-5-3-4-6-22(19)28/h3-8,13-15,17H,9-12,16H2,1-2H3/b24-15-. The van der Waals surface area contributed by atoms with Gasteiger partial charge in [0.25, 0.3) is 5.91 Å². The van der Waals surface area contributed by atoms with Crippen LogP contribution in [0.2, 0.25) is 5.02 Å². The van der Waals surface area contributed by atoms with Crippen molar-refractivity contribution in [2.24, 2.45) is 5.92 Å². The molecule has 0 spiro atoms. The molecule has 0 bridgehead atoms. The third kappa shape index (κ3) is 4.72. The Morgan fingerprint density at radius 2 is 1.94 bits per heavy atom. The van der Waals surface area contributed by atoms with E-state index in [0.29, 0.717) is 20.8 Å². The number of anilines is 1. The van der Waals surface area contributed by atoms with Crippen molar-refractivity contribution in [2.75, 3.05) is 18.0 Å². The third-order valence-corrected chi connectivity index (χ3v) is 8.25. The minimum absolute atomic E-state index is 0.0857. The van der Waals surface area contributed by atoms with Crippen LogP contribution in [0.5, 0.6) is 0 Å². The smallest absolute Gasteiger partial charge is 0.266 e. The number of fused-ring (bicyclic) bond motifs is 1. The molecule has 3 aromatic rings. The lowest BCUT2D eigenvalue weighted by atomic mass is 9.98. The van der Waals surface area contributed by atoms with E-state index in [1.165, 1.54) is 17.3 Å². The maximum atomic E-state index is 13.4. The van der Waals surface area contributed by atoms with Crippen LogP contribution in [0.25, 0.3) is 17.0 Å². The maximum absolute atomic E-state index is 13.4. The molecule has 0 atom stereocenters. The van der Waals surface area contributed by atoms with Crippen LogP contribution in [-0.2, 0) is 11.3 Å². The summed E-state index contributed by atoms with van der Waals surface area (Å²) in [6.45, 7) is 6.70.